The number of esters is 1. The first-order valence-corrected chi connectivity index (χ1v) is 14.0. The lowest BCUT2D eigenvalue weighted by Crippen LogP contribution is -2.21. The van der Waals surface area contributed by atoms with E-state index in [1.165, 1.54) is 44.7 Å². The molecule has 0 aliphatic carbocycles. The monoisotopic (exact) mass is 488 g/mol. The van der Waals surface area contributed by atoms with Crippen molar-refractivity contribution < 1.29 is 17.9 Å². The number of rotatable bonds is 17. The Hall–Kier alpha value is -2.38. The molecule has 2 aromatic rings. The molecule has 0 aliphatic heterocycles. The van der Waals surface area contributed by atoms with Gasteiger partial charge in [0.2, 0.25) is 10.0 Å². The first-order valence-electron chi connectivity index (χ1n) is 12.4. The fourth-order valence-corrected chi connectivity index (χ4v) is 4.42. The average molecular weight is 489 g/mol. The number of nitrogens with one attached hydrogen (secondary N) is 2. The van der Waals surface area contributed by atoms with Gasteiger partial charge in [-0.2, -0.15) is 0 Å². The molecule has 0 fully saturated rings. The van der Waals surface area contributed by atoms with Crippen molar-refractivity contribution in [1.29, 1.82) is 0 Å². The Morgan fingerprint density at radius 2 is 1.35 bits per heavy atom. The summed E-state index contributed by atoms with van der Waals surface area (Å²) in [7, 11) is -1.58. The second-order valence-corrected chi connectivity index (χ2v) is 10.8. The number of ether oxygens (including phenoxy) is 1. The molecule has 0 aliphatic rings. The molecule has 2 rings (SSSR count). The molecule has 0 saturated heterocycles. The van der Waals surface area contributed by atoms with Crippen LogP contribution in [0.1, 0.15) is 79.3 Å². The van der Waals surface area contributed by atoms with Crippen LogP contribution in [0, 0.1) is 6.92 Å². The maximum atomic E-state index is 12.2. The van der Waals surface area contributed by atoms with Crippen molar-refractivity contribution in [2.24, 2.45) is 0 Å². The minimum absolute atomic E-state index is 0.233. The number of sulfonamides is 1. The van der Waals surface area contributed by atoms with E-state index in [1.807, 2.05) is 43.3 Å². The molecule has 2 N–H and O–H groups in total. The SMILES string of the molecule is CNS(=O)(=O)CCCCCCCCCCCNc1ccc(C(=O)OCc2ccc(C)cc2)cc1. The molecule has 2 aromatic carbocycles. The maximum Gasteiger partial charge on any atom is 0.338 e. The zero-order valence-electron chi connectivity index (χ0n) is 20.6. The fraction of sp³-hybridized carbons (Fsp3) is 0.519. The third-order valence-corrected chi connectivity index (χ3v) is 7.29. The highest BCUT2D eigenvalue weighted by Gasteiger charge is 2.07. The lowest BCUT2D eigenvalue weighted by Gasteiger charge is -2.08. The van der Waals surface area contributed by atoms with Gasteiger partial charge in [0.05, 0.1) is 11.3 Å². The van der Waals surface area contributed by atoms with Crippen molar-refractivity contribution in [1.82, 2.24) is 4.72 Å². The highest BCUT2D eigenvalue weighted by atomic mass is 32.2. The van der Waals surface area contributed by atoms with Crippen LogP contribution in [-0.4, -0.2) is 33.7 Å². The average Bonchev–Trinajstić information content (AvgIpc) is 2.84. The van der Waals surface area contributed by atoms with Gasteiger partial charge in [-0.15, -0.1) is 0 Å². The number of aryl methyl sites for hydroxylation is 1. The van der Waals surface area contributed by atoms with Crippen LogP contribution in [0.5, 0.6) is 0 Å². The number of carbonyl (C=O) groups is 1. The Kier molecular flexibility index (Phi) is 12.7. The van der Waals surface area contributed by atoms with Crippen LogP contribution < -0.4 is 10.0 Å². The van der Waals surface area contributed by atoms with E-state index in [4.69, 9.17) is 4.74 Å². The molecule has 6 nitrogen and oxygen atoms in total. The van der Waals surface area contributed by atoms with Crippen molar-refractivity contribution in [2.45, 2.75) is 71.3 Å². The van der Waals surface area contributed by atoms with E-state index < -0.39 is 10.0 Å². The van der Waals surface area contributed by atoms with Gasteiger partial charge >= 0.3 is 5.97 Å². The Balaban J connectivity index is 1.48. The minimum atomic E-state index is -3.05. The number of unbranched alkanes of at least 4 members (excludes halogenated alkanes) is 8. The van der Waals surface area contributed by atoms with Crippen molar-refractivity contribution in [3.05, 3.63) is 65.2 Å². The molecule has 7 heteroatoms. The molecule has 0 heterocycles. The van der Waals surface area contributed by atoms with Gasteiger partial charge in [-0.1, -0.05) is 74.8 Å². The molecule has 0 amide bonds. The highest BCUT2D eigenvalue weighted by Crippen LogP contribution is 2.14. The van der Waals surface area contributed by atoms with Crippen LogP contribution in [0.2, 0.25) is 0 Å². The normalized spacial score (nSPS) is 11.4. The molecule has 0 aromatic heterocycles. The molecule has 0 atom stereocenters. The second kappa shape index (κ2) is 15.5. The third kappa shape index (κ3) is 11.7. The summed E-state index contributed by atoms with van der Waals surface area (Å²) in [5.41, 5.74) is 3.73. The Labute approximate surface area is 205 Å². The summed E-state index contributed by atoms with van der Waals surface area (Å²) >= 11 is 0. The summed E-state index contributed by atoms with van der Waals surface area (Å²) in [4.78, 5) is 12.2. The Morgan fingerprint density at radius 1 is 0.794 bits per heavy atom. The summed E-state index contributed by atoms with van der Waals surface area (Å²) < 4.78 is 30.4. The first-order chi connectivity index (χ1) is 16.4. The molecule has 34 heavy (non-hydrogen) atoms. The van der Waals surface area contributed by atoms with Crippen molar-refractivity contribution in [3.8, 4) is 0 Å². The summed E-state index contributed by atoms with van der Waals surface area (Å²) in [6.07, 6.45) is 9.98. The van der Waals surface area contributed by atoms with Crippen molar-refractivity contribution in [3.63, 3.8) is 0 Å². The maximum absolute atomic E-state index is 12.2. The van der Waals surface area contributed by atoms with Crippen LogP contribution in [0.15, 0.2) is 48.5 Å². The number of benzene rings is 2. The van der Waals surface area contributed by atoms with Crippen LogP contribution in [0.25, 0.3) is 0 Å². The summed E-state index contributed by atoms with van der Waals surface area (Å²) in [5.74, 6) is -0.0766. The second-order valence-electron chi connectivity index (χ2n) is 8.77. The third-order valence-electron chi connectivity index (χ3n) is 5.84. The Bertz CT molecular complexity index is 942. The molecule has 0 unspecified atom stereocenters. The van der Waals surface area contributed by atoms with E-state index in [2.05, 4.69) is 10.0 Å². The van der Waals surface area contributed by atoms with Gasteiger partial charge in [0.25, 0.3) is 0 Å². The molecule has 0 saturated carbocycles. The number of hydrogen-bond donors (Lipinski definition) is 2. The van der Waals surface area contributed by atoms with E-state index in [-0.39, 0.29) is 18.3 Å². The lowest BCUT2D eigenvalue weighted by molar-refractivity contribution is 0.0472. The number of anilines is 1. The highest BCUT2D eigenvalue weighted by molar-refractivity contribution is 7.89. The zero-order valence-corrected chi connectivity index (χ0v) is 21.5. The van der Waals surface area contributed by atoms with Crippen molar-refractivity contribution >= 4 is 21.7 Å². The largest absolute Gasteiger partial charge is 0.457 e. The first kappa shape index (κ1) is 27.9. The van der Waals surface area contributed by atoms with E-state index in [0.717, 1.165) is 43.5 Å². The van der Waals surface area contributed by atoms with Gasteiger partial charge < -0.3 is 10.1 Å². The van der Waals surface area contributed by atoms with Crippen LogP contribution >= 0.6 is 0 Å². The molecule has 0 bridgehead atoms. The standard InChI is InChI=1S/C27H40N2O4S/c1-23-12-14-24(15-13-23)22-33-27(30)25-16-18-26(19-17-25)29-20-10-8-6-4-3-5-7-9-11-21-34(31,32)28-2/h12-19,28-29H,3-11,20-22H2,1-2H3. The van der Waals surface area contributed by atoms with E-state index >= 15 is 0 Å². The predicted molar refractivity (Wildman–Crippen MR) is 140 cm³/mol. The summed E-state index contributed by atoms with van der Waals surface area (Å²) in [5, 5.41) is 3.41. The molecule has 0 spiro atoms. The summed E-state index contributed by atoms with van der Waals surface area (Å²) in [6.45, 7) is 3.22. The number of carbonyl (C=O) groups excluding carboxylic acids is 1. The van der Waals surface area contributed by atoms with Crippen LogP contribution in [0.4, 0.5) is 5.69 Å². The number of hydrogen-bond acceptors (Lipinski definition) is 5. The van der Waals surface area contributed by atoms with Gasteiger partial charge in [-0.3, -0.25) is 0 Å². The van der Waals surface area contributed by atoms with E-state index in [9.17, 15) is 13.2 Å². The quantitative estimate of drug-likeness (QED) is 0.216. The van der Waals surface area contributed by atoms with Gasteiger partial charge in [0.1, 0.15) is 6.61 Å². The fourth-order valence-electron chi connectivity index (χ4n) is 3.63. The molecular formula is C27H40N2O4S. The van der Waals surface area contributed by atoms with Crippen molar-refractivity contribution in [2.75, 3.05) is 24.7 Å². The van der Waals surface area contributed by atoms with Gasteiger partial charge in [0.15, 0.2) is 0 Å². The Morgan fingerprint density at radius 3 is 1.94 bits per heavy atom. The molecule has 0 radical (unpaired) electrons. The smallest absolute Gasteiger partial charge is 0.338 e. The van der Waals surface area contributed by atoms with E-state index in [0.29, 0.717) is 5.56 Å². The topological polar surface area (TPSA) is 84.5 Å². The van der Waals surface area contributed by atoms with Crippen LogP contribution in [-0.2, 0) is 21.4 Å². The van der Waals surface area contributed by atoms with Gasteiger partial charge in [-0.05, 0) is 56.6 Å². The summed E-state index contributed by atoms with van der Waals surface area (Å²) in [6, 6.07) is 15.4. The molecule has 188 valence electrons. The van der Waals surface area contributed by atoms with Gasteiger partial charge in [-0.25, -0.2) is 17.9 Å². The van der Waals surface area contributed by atoms with Gasteiger partial charge in [0, 0.05) is 12.2 Å². The van der Waals surface area contributed by atoms with E-state index in [1.54, 1.807) is 12.1 Å². The van der Waals surface area contributed by atoms with Crippen LogP contribution in [0.3, 0.4) is 0 Å². The molecular weight excluding hydrogens is 448 g/mol. The zero-order chi connectivity index (χ0) is 24.7. The lowest BCUT2D eigenvalue weighted by atomic mass is 10.1. The minimum Gasteiger partial charge on any atom is -0.457 e. The predicted octanol–water partition coefficient (Wildman–Crippen LogP) is 5.82.